The lowest BCUT2D eigenvalue weighted by Gasteiger charge is -2.43. The fourth-order valence-electron chi connectivity index (χ4n) is 4.54. The molecule has 2 aromatic carbocycles. The summed E-state index contributed by atoms with van der Waals surface area (Å²) in [6.07, 6.45) is -3.20. The minimum Gasteiger partial charge on any atom is -0.486 e. The molecule has 34 heavy (non-hydrogen) atoms. The van der Waals surface area contributed by atoms with Crippen molar-refractivity contribution in [1.29, 1.82) is 5.26 Å². The second kappa shape index (κ2) is 8.15. The highest BCUT2D eigenvalue weighted by molar-refractivity contribution is 7.99. The first-order valence-corrected chi connectivity index (χ1v) is 11.9. The number of nitrogens with zero attached hydrogens (tertiary/aromatic N) is 3. The summed E-state index contributed by atoms with van der Waals surface area (Å²) < 4.78 is 46.4. The number of amides is 1. The highest BCUT2D eigenvalue weighted by atomic mass is 32.2. The van der Waals surface area contributed by atoms with E-state index in [0.29, 0.717) is 30.0 Å². The highest BCUT2D eigenvalue weighted by Crippen LogP contribution is 2.49. The molecule has 0 bridgehead atoms. The number of carbonyl (C=O) groups is 1. The third kappa shape index (κ3) is 3.43. The van der Waals surface area contributed by atoms with Crippen molar-refractivity contribution in [1.82, 2.24) is 0 Å². The number of nitriles is 1. The molecule has 2 heterocycles. The van der Waals surface area contributed by atoms with E-state index < -0.39 is 22.8 Å². The van der Waals surface area contributed by atoms with E-state index in [1.807, 2.05) is 6.07 Å². The maximum absolute atomic E-state index is 13.6. The lowest BCUT2D eigenvalue weighted by atomic mass is 9.75. The van der Waals surface area contributed by atoms with Gasteiger partial charge in [-0.05, 0) is 67.9 Å². The second-order valence-electron chi connectivity index (χ2n) is 8.35. The molecule has 6 nitrogen and oxygen atoms in total. The Balaban J connectivity index is 1.55. The number of rotatable bonds is 3. The number of anilines is 2. The molecule has 1 aliphatic carbocycles. The smallest absolute Gasteiger partial charge is 0.417 e. The number of aliphatic hydroxyl groups excluding tert-OH is 1. The minimum atomic E-state index is -4.75. The molecule has 11 heteroatoms. The number of hydrogen-bond acceptors (Lipinski definition) is 6. The molecule has 1 amide bonds. The molecule has 5 rings (SSSR count). The van der Waals surface area contributed by atoms with Gasteiger partial charge in [-0.15, -0.1) is 11.8 Å². The van der Waals surface area contributed by atoms with Gasteiger partial charge in [0.15, 0.2) is 5.11 Å². The van der Waals surface area contributed by atoms with Crippen LogP contribution in [0.15, 0.2) is 41.3 Å². The molecule has 3 aliphatic rings. The number of thiocarbonyl (C=S) groups is 1. The van der Waals surface area contributed by atoms with Crippen molar-refractivity contribution in [3.63, 3.8) is 0 Å². The monoisotopic (exact) mass is 505 g/mol. The van der Waals surface area contributed by atoms with Crippen molar-refractivity contribution in [2.24, 2.45) is 0 Å². The van der Waals surface area contributed by atoms with Crippen LogP contribution in [-0.4, -0.2) is 40.1 Å². The molecule has 1 atom stereocenters. The van der Waals surface area contributed by atoms with E-state index in [9.17, 15) is 23.1 Å². The Kier molecular flexibility index (Phi) is 5.50. The molecule has 2 aliphatic heterocycles. The van der Waals surface area contributed by atoms with E-state index in [0.717, 1.165) is 28.3 Å². The lowest BCUT2D eigenvalue weighted by molar-refractivity contribution is -0.137. The molecule has 176 valence electrons. The first kappa shape index (κ1) is 23.0. The number of hydrogen-bond donors (Lipinski definition) is 1. The van der Waals surface area contributed by atoms with E-state index in [1.54, 1.807) is 23.1 Å². The summed E-state index contributed by atoms with van der Waals surface area (Å²) in [5.74, 6) is 0.819. The van der Waals surface area contributed by atoms with Gasteiger partial charge in [-0.1, -0.05) is 0 Å². The molecule has 1 spiro atoms. The molecule has 2 aromatic rings. The fourth-order valence-corrected chi connectivity index (χ4v) is 6.01. The van der Waals surface area contributed by atoms with Crippen molar-refractivity contribution in [2.75, 3.05) is 22.2 Å². The Morgan fingerprint density at radius 2 is 1.97 bits per heavy atom. The van der Waals surface area contributed by atoms with Crippen molar-refractivity contribution in [2.45, 2.75) is 42.0 Å². The zero-order valence-electron chi connectivity index (χ0n) is 17.6. The summed E-state index contributed by atoms with van der Waals surface area (Å²) in [6, 6.07) is 10.1. The van der Waals surface area contributed by atoms with Gasteiger partial charge in [-0.3, -0.25) is 9.69 Å². The Bertz CT molecular complexity index is 1240. The van der Waals surface area contributed by atoms with Gasteiger partial charge in [-0.2, -0.15) is 18.4 Å². The van der Waals surface area contributed by atoms with Crippen LogP contribution in [0.25, 0.3) is 0 Å². The largest absolute Gasteiger partial charge is 0.486 e. The van der Waals surface area contributed by atoms with Crippen molar-refractivity contribution in [3.05, 3.63) is 47.5 Å². The molecule has 0 aromatic heterocycles. The summed E-state index contributed by atoms with van der Waals surface area (Å²) in [5.41, 5.74) is -1.94. The van der Waals surface area contributed by atoms with E-state index in [-0.39, 0.29) is 29.4 Å². The van der Waals surface area contributed by atoms with E-state index >= 15 is 0 Å². The van der Waals surface area contributed by atoms with Crippen molar-refractivity contribution >= 4 is 46.4 Å². The average molecular weight is 506 g/mol. The number of fused-ring (bicyclic) bond motifs is 1. The van der Waals surface area contributed by atoms with E-state index in [4.69, 9.17) is 22.2 Å². The topological polar surface area (TPSA) is 76.8 Å². The first-order valence-electron chi connectivity index (χ1n) is 10.5. The van der Waals surface area contributed by atoms with Crippen LogP contribution in [0.1, 0.15) is 30.4 Å². The molecular weight excluding hydrogens is 487 g/mol. The fraction of sp³-hybridized carbons (Fsp3) is 0.348. The summed E-state index contributed by atoms with van der Waals surface area (Å²) in [5, 5.41) is 18.6. The Labute approximate surface area is 202 Å². The second-order valence-corrected chi connectivity index (χ2v) is 9.77. The Morgan fingerprint density at radius 1 is 1.24 bits per heavy atom. The predicted octanol–water partition coefficient (Wildman–Crippen LogP) is 4.48. The number of aliphatic hydroxyl groups is 1. The zero-order chi connectivity index (χ0) is 24.3. The van der Waals surface area contributed by atoms with Crippen LogP contribution in [-0.2, 0) is 11.0 Å². The molecule has 1 saturated heterocycles. The third-order valence-electron chi connectivity index (χ3n) is 6.39. The summed E-state index contributed by atoms with van der Waals surface area (Å²) in [4.78, 5) is 17.3. The SMILES string of the molecule is N#Cc1ccc(N2C(=O)C3(CCC3)N(c3ccc4c(c3)SCC(CO)O4)C2=S)cc1C(F)(F)F. The van der Waals surface area contributed by atoms with E-state index in [2.05, 4.69) is 0 Å². The summed E-state index contributed by atoms with van der Waals surface area (Å²) in [7, 11) is 0. The third-order valence-corrected chi connectivity index (χ3v) is 7.92. The zero-order valence-corrected chi connectivity index (χ0v) is 19.3. The average Bonchev–Trinajstić information content (AvgIpc) is 3.04. The maximum atomic E-state index is 13.6. The minimum absolute atomic E-state index is 0.0171. The Hall–Kier alpha value is -2.81. The highest BCUT2D eigenvalue weighted by Gasteiger charge is 2.59. The van der Waals surface area contributed by atoms with Crippen LogP contribution in [0.4, 0.5) is 24.5 Å². The summed E-state index contributed by atoms with van der Waals surface area (Å²) in [6.45, 7) is -0.0958. The molecular formula is C23H18F3N3O3S2. The van der Waals surface area contributed by atoms with Gasteiger partial charge in [0.05, 0.1) is 34.4 Å². The summed E-state index contributed by atoms with van der Waals surface area (Å²) >= 11 is 7.17. The Morgan fingerprint density at radius 3 is 2.59 bits per heavy atom. The van der Waals surface area contributed by atoms with E-state index in [1.165, 1.54) is 17.8 Å². The molecule has 1 unspecified atom stereocenters. The number of carbonyl (C=O) groups excluding carboxylic acids is 1. The molecule has 0 radical (unpaired) electrons. The standard InChI is InChI=1S/C23H18F3N3O3S2/c24-23(25,26)17-8-14(3-2-13(17)10-27)28-20(31)22(6-1-7-22)29(21(28)33)15-4-5-18-19(9-15)34-12-16(11-30)32-18/h2-5,8-9,16,30H,1,6-7,11-12H2. The number of ether oxygens (including phenoxy) is 1. The van der Waals surface area contributed by atoms with Gasteiger partial charge in [-0.25, -0.2) is 0 Å². The number of halogens is 3. The lowest BCUT2D eigenvalue weighted by Crippen LogP contribution is -2.55. The van der Waals surface area contributed by atoms with Gasteiger partial charge in [0.2, 0.25) is 0 Å². The van der Waals surface area contributed by atoms with Crippen LogP contribution in [0.2, 0.25) is 0 Å². The number of alkyl halides is 3. The van der Waals surface area contributed by atoms with Crippen LogP contribution in [0.5, 0.6) is 5.75 Å². The predicted molar refractivity (Wildman–Crippen MR) is 124 cm³/mol. The van der Waals surface area contributed by atoms with Crippen LogP contribution < -0.4 is 14.5 Å². The van der Waals surface area contributed by atoms with Gasteiger partial charge in [0.25, 0.3) is 5.91 Å². The van der Waals surface area contributed by atoms with Crippen molar-refractivity contribution in [3.8, 4) is 11.8 Å². The van der Waals surface area contributed by atoms with Crippen LogP contribution >= 0.6 is 24.0 Å². The maximum Gasteiger partial charge on any atom is 0.417 e. The number of benzene rings is 2. The molecule has 1 saturated carbocycles. The van der Waals surface area contributed by atoms with Gasteiger partial charge < -0.3 is 14.7 Å². The first-order chi connectivity index (χ1) is 16.2. The normalized spacial score (nSPS) is 21.2. The number of thioether (sulfide) groups is 1. The van der Waals surface area contributed by atoms with Crippen LogP contribution in [0.3, 0.4) is 0 Å². The molecule has 1 N–H and O–H groups in total. The van der Waals surface area contributed by atoms with Gasteiger partial charge in [0, 0.05) is 11.4 Å². The van der Waals surface area contributed by atoms with Crippen LogP contribution in [0, 0.1) is 11.3 Å². The molecule has 2 fully saturated rings. The quantitative estimate of drug-likeness (QED) is 0.617. The van der Waals surface area contributed by atoms with Gasteiger partial charge in [0.1, 0.15) is 17.4 Å². The van der Waals surface area contributed by atoms with Gasteiger partial charge >= 0.3 is 6.18 Å². The van der Waals surface area contributed by atoms with Crippen molar-refractivity contribution < 1.29 is 27.8 Å².